The first-order valence-electron chi connectivity index (χ1n) is 10.3. The fourth-order valence-electron chi connectivity index (χ4n) is 3.69. The van der Waals surface area contributed by atoms with Crippen LogP contribution < -0.4 is 5.32 Å². The highest BCUT2D eigenvalue weighted by Gasteiger charge is 2.14. The van der Waals surface area contributed by atoms with Crippen molar-refractivity contribution in [3.8, 4) is 11.3 Å². The van der Waals surface area contributed by atoms with Gasteiger partial charge >= 0.3 is 0 Å². The van der Waals surface area contributed by atoms with Gasteiger partial charge in [-0.05, 0) is 47.9 Å². The van der Waals surface area contributed by atoms with E-state index >= 15 is 0 Å². The van der Waals surface area contributed by atoms with Crippen LogP contribution in [0.4, 0.5) is 10.1 Å². The van der Waals surface area contributed by atoms with E-state index in [1.165, 1.54) is 29.0 Å². The fraction of sp³-hybridized carbons (Fsp3) is 0.0769. The highest BCUT2D eigenvalue weighted by Crippen LogP contribution is 2.25. The van der Waals surface area contributed by atoms with Gasteiger partial charge in [-0.15, -0.1) is 11.3 Å². The molecule has 2 heterocycles. The standard InChI is InChI=1S/C26H20FN3OS/c27-21-12-10-19(11-13-21)24-16-30-22(17-32-26(30)29-24)15-25(31)28-23-9-5-4-8-20(23)14-18-6-2-1-3-7-18/h1-13,16-17H,14-15H2,(H,28,31). The summed E-state index contributed by atoms with van der Waals surface area (Å²) in [5.74, 6) is -0.359. The summed E-state index contributed by atoms with van der Waals surface area (Å²) in [6, 6.07) is 24.3. The van der Waals surface area contributed by atoms with Crippen molar-refractivity contribution >= 4 is 27.9 Å². The summed E-state index contributed by atoms with van der Waals surface area (Å²) >= 11 is 1.48. The lowest BCUT2D eigenvalue weighted by Crippen LogP contribution is -2.16. The predicted molar refractivity (Wildman–Crippen MR) is 126 cm³/mol. The van der Waals surface area contributed by atoms with Crippen molar-refractivity contribution in [1.82, 2.24) is 9.38 Å². The van der Waals surface area contributed by atoms with Crippen LogP contribution >= 0.6 is 11.3 Å². The largest absolute Gasteiger partial charge is 0.325 e. The van der Waals surface area contributed by atoms with Crippen LogP contribution in [0.15, 0.2) is 90.4 Å². The van der Waals surface area contributed by atoms with Crippen LogP contribution in [0.3, 0.4) is 0 Å². The second-order valence-electron chi connectivity index (χ2n) is 7.56. The average molecular weight is 442 g/mol. The first-order chi connectivity index (χ1) is 15.7. The number of benzene rings is 3. The number of halogens is 1. The Morgan fingerprint density at radius 3 is 2.53 bits per heavy atom. The Balaban J connectivity index is 1.33. The Labute approximate surface area is 189 Å². The van der Waals surface area contributed by atoms with Crippen molar-refractivity contribution in [2.75, 3.05) is 5.32 Å². The average Bonchev–Trinajstić information content (AvgIpc) is 3.38. The van der Waals surface area contributed by atoms with Crippen molar-refractivity contribution < 1.29 is 9.18 Å². The highest BCUT2D eigenvalue weighted by atomic mass is 32.1. The van der Waals surface area contributed by atoms with E-state index in [-0.39, 0.29) is 18.1 Å². The number of anilines is 1. The Bertz CT molecular complexity index is 1370. The molecule has 158 valence electrons. The minimum atomic E-state index is -0.278. The lowest BCUT2D eigenvalue weighted by molar-refractivity contribution is -0.115. The molecule has 0 saturated heterocycles. The van der Waals surface area contributed by atoms with Gasteiger partial charge < -0.3 is 5.32 Å². The van der Waals surface area contributed by atoms with E-state index in [0.29, 0.717) is 0 Å². The van der Waals surface area contributed by atoms with Gasteiger partial charge in [0.25, 0.3) is 0 Å². The molecule has 0 radical (unpaired) electrons. The van der Waals surface area contributed by atoms with Crippen LogP contribution in [0.25, 0.3) is 16.2 Å². The van der Waals surface area contributed by atoms with Crippen molar-refractivity contribution in [2.45, 2.75) is 12.8 Å². The summed E-state index contributed by atoms with van der Waals surface area (Å²) in [6.07, 6.45) is 2.88. The van der Waals surface area contributed by atoms with Crippen LogP contribution in [0, 0.1) is 5.82 Å². The van der Waals surface area contributed by atoms with E-state index in [0.717, 1.165) is 39.6 Å². The van der Waals surface area contributed by atoms with Crippen molar-refractivity contribution in [3.63, 3.8) is 0 Å². The van der Waals surface area contributed by atoms with Crippen LogP contribution in [0.1, 0.15) is 16.8 Å². The minimum absolute atomic E-state index is 0.0813. The second kappa shape index (κ2) is 8.77. The number of nitrogens with one attached hydrogen (secondary N) is 1. The minimum Gasteiger partial charge on any atom is -0.325 e. The number of rotatable bonds is 6. The maximum absolute atomic E-state index is 13.2. The molecular weight excluding hydrogens is 421 g/mol. The number of carbonyl (C=O) groups is 1. The van der Waals surface area contributed by atoms with Crippen molar-refractivity contribution in [1.29, 1.82) is 0 Å². The zero-order valence-electron chi connectivity index (χ0n) is 17.2. The van der Waals surface area contributed by atoms with E-state index in [9.17, 15) is 9.18 Å². The zero-order chi connectivity index (χ0) is 21.9. The van der Waals surface area contributed by atoms with Gasteiger partial charge in [0, 0.05) is 28.5 Å². The maximum Gasteiger partial charge on any atom is 0.230 e. The molecule has 0 atom stereocenters. The predicted octanol–water partition coefficient (Wildman–Crippen LogP) is 5.97. The van der Waals surface area contributed by atoms with Gasteiger partial charge in [-0.1, -0.05) is 48.5 Å². The van der Waals surface area contributed by atoms with Gasteiger partial charge in [-0.2, -0.15) is 0 Å². The lowest BCUT2D eigenvalue weighted by Gasteiger charge is -2.11. The molecule has 0 aliphatic heterocycles. The van der Waals surface area contributed by atoms with Gasteiger partial charge in [0.2, 0.25) is 5.91 Å². The molecular formula is C26H20FN3OS. The topological polar surface area (TPSA) is 46.4 Å². The SMILES string of the molecule is O=C(Cc1csc2nc(-c3ccc(F)cc3)cn12)Nc1ccccc1Cc1ccccc1. The molecule has 5 aromatic rings. The number of carbonyl (C=O) groups excluding carboxylic acids is 1. The van der Waals surface area contributed by atoms with Gasteiger partial charge in [0.15, 0.2) is 4.96 Å². The molecule has 0 saturated carbocycles. The number of thiazole rings is 1. The highest BCUT2D eigenvalue weighted by molar-refractivity contribution is 7.15. The summed E-state index contributed by atoms with van der Waals surface area (Å²) < 4.78 is 15.1. The van der Waals surface area contributed by atoms with Gasteiger partial charge in [0.1, 0.15) is 5.82 Å². The van der Waals surface area contributed by atoms with Crippen LogP contribution in [-0.2, 0) is 17.6 Å². The lowest BCUT2D eigenvalue weighted by atomic mass is 10.0. The molecule has 1 amide bonds. The van der Waals surface area contributed by atoms with Crippen LogP contribution in [0.5, 0.6) is 0 Å². The molecule has 0 unspecified atom stereocenters. The van der Waals surface area contributed by atoms with Crippen molar-refractivity contribution in [3.05, 3.63) is 113 Å². The molecule has 4 nitrogen and oxygen atoms in total. The fourth-order valence-corrected chi connectivity index (χ4v) is 4.56. The Hall–Kier alpha value is -3.77. The number of fused-ring (bicyclic) bond motifs is 1. The molecule has 5 rings (SSSR count). The third-order valence-corrected chi connectivity index (χ3v) is 6.18. The van der Waals surface area contributed by atoms with Gasteiger partial charge in [0.05, 0.1) is 12.1 Å². The molecule has 0 aliphatic rings. The van der Waals surface area contributed by atoms with E-state index in [2.05, 4.69) is 22.4 Å². The monoisotopic (exact) mass is 441 g/mol. The number of aromatic nitrogens is 2. The first-order valence-corrected chi connectivity index (χ1v) is 11.2. The van der Waals surface area contributed by atoms with Crippen molar-refractivity contribution in [2.24, 2.45) is 0 Å². The number of hydrogen-bond donors (Lipinski definition) is 1. The van der Waals surface area contributed by atoms with E-state index in [4.69, 9.17) is 0 Å². The summed E-state index contributed by atoms with van der Waals surface area (Å²) in [6.45, 7) is 0. The number of hydrogen-bond acceptors (Lipinski definition) is 3. The van der Waals surface area contributed by atoms with E-state index < -0.39 is 0 Å². The molecule has 2 aromatic heterocycles. The third-order valence-electron chi connectivity index (χ3n) is 5.29. The molecule has 6 heteroatoms. The second-order valence-corrected chi connectivity index (χ2v) is 8.39. The quantitative estimate of drug-likeness (QED) is 0.353. The van der Waals surface area contributed by atoms with Crippen LogP contribution in [-0.4, -0.2) is 15.3 Å². The van der Waals surface area contributed by atoms with Crippen LogP contribution in [0.2, 0.25) is 0 Å². The molecule has 3 aromatic carbocycles. The Kier molecular flexibility index (Phi) is 5.52. The van der Waals surface area contributed by atoms with E-state index in [1.807, 2.05) is 58.4 Å². The van der Waals surface area contributed by atoms with Gasteiger partial charge in [-0.3, -0.25) is 9.20 Å². The first kappa shape index (κ1) is 20.2. The molecule has 0 bridgehead atoms. The molecule has 0 fully saturated rings. The summed E-state index contributed by atoms with van der Waals surface area (Å²) in [4.78, 5) is 18.3. The molecule has 0 spiro atoms. The summed E-state index contributed by atoms with van der Waals surface area (Å²) in [5, 5.41) is 5.02. The third kappa shape index (κ3) is 4.31. The Morgan fingerprint density at radius 1 is 0.969 bits per heavy atom. The zero-order valence-corrected chi connectivity index (χ0v) is 18.0. The normalized spacial score (nSPS) is 11.0. The molecule has 0 aliphatic carbocycles. The number of amides is 1. The Morgan fingerprint density at radius 2 is 1.72 bits per heavy atom. The number of imidazole rings is 1. The van der Waals surface area contributed by atoms with Gasteiger partial charge in [-0.25, -0.2) is 9.37 Å². The summed E-state index contributed by atoms with van der Waals surface area (Å²) in [5.41, 5.74) is 5.55. The van der Waals surface area contributed by atoms with E-state index in [1.54, 1.807) is 12.1 Å². The smallest absolute Gasteiger partial charge is 0.230 e. The number of nitrogens with zero attached hydrogens (tertiary/aromatic N) is 2. The molecule has 32 heavy (non-hydrogen) atoms. The number of para-hydroxylation sites is 1. The molecule has 1 N–H and O–H groups in total. The summed E-state index contributed by atoms with van der Waals surface area (Å²) in [7, 11) is 0. The maximum atomic E-state index is 13.2.